The van der Waals surface area contributed by atoms with E-state index in [4.69, 9.17) is 23.8 Å². The molecule has 1 aliphatic heterocycles. The van der Waals surface area contributed by atoms with Crippen LogP contribution in [0.25, 0.3) is 6.08 Å². The number of carbonyl (C=O) groups is 2. The lowest BCUT2D eigenvalue weighted by Gasteiger charge is -2.29. The number of para-hydroxylation sites is 1. The van der Waals surface area contributed by atoms with Gasteiger partial charge in [0.15, 0.2) is 5.11 Å². The number of phenolic OH excluding ortho intramolecular Hbond substituents is 1. The van der Waals surface area contributed by atoms with Crippen molar-refractivity contribution in [1.82, 2.24) is 5.32 Å². The zero-order chi connectivity index (χ0) is 17.3. The van der Waals surface area contributed by atoms with Gasteiger partial charge in [-0.3, -0.25) is 19.8 Å². The molecule has 0 atom stereocenters. The van der Waals surface area contributed by atoms with E-state index < -0.39 is 11.8 Å². The van der Waals surface area contributed by atoms with Gasteiger partial charge in [0.05, 0.1) is 5.69 Å². The van der Waals surface area contributed by atoms with E-state index in [0.29, 0.717) is 16.3 Å². The van der Waals surface area contributed by atoms with Gasteiger partial charge in [0.2, 0.25) is 0 Å². The van der Waals surface area contributed by atoms with E-state index in [-0.39, 0.29) is 16.4 Å². The van der Waals surface area contributed by atoms with E-state index in [1.807, 2.05) is 0 Å². The predicted molar refractivity (Wildman–Crippen MR) is 95.8 cm³/mol. The summed E-state index contributed by atoms with van der Waals surface area (Å²) >= 11 is 11.0. The maximum atomic E-state index is 12.7. The second-order valence-electron chi connectivity index (χ2n) is 4.99. The number of nitrogens with zero attached hydrogens (tertiary/aromatic N) is 1. The maximum absolute atomic E-state index is 12.7. The van der Waals surface area contributed by atoms with Gasteiger partial charge in [-0.05, 0) is 48.6 Å². The summed E-state index contributed by atoms with van der Waals surface area (Å²) in [5.41, 5.74) is 0.720. The Morgan fingerprint density at radius 2 is 1.75 bits per heavy atom. The van der Waals surface area contributed by atoms with Crippen molar-refractivity contribution in [1.29, 1.82) is 0 Å². The van der Waals surface area contributed by atoms with Crippen molar-refractivity contribution >= 4 is 52.5 Å². The highest BCUT2D eigenvalue weighted by atomic mass is 35.5. The van der Waals surface area contributed by atoms with E-state index in [2.05, 4.69) is 5.32 Å². The van der Waals surface area contributed by atoms with Crippen molar-refractivity contribution in [3.05, 3.63) is 64.7 Å². The van der Waals surface area contributed by atoms with Gasteiger partial charge >= 0.3 is 0 Å². The second-order valence-corrected chi connectivity index (χ2v) is 5.82. The smallest absolute Gasteiger partial charge is 0.270 e. The van der Waals surface area contributed by atoms with Crippen LogP contribution >= 0.6 is 23.8 Å². The van der Waals surface area contributed by atoms with Crippen molar-refractivity contribution in [2.45, 2.75) is 0 Å². The van der Waals surface area contributed by atoms with Gasteiger partial charge in [-0.2, -0.15) is 0 Å². The second kappa shape index (κ2) is 6.43. The number of aromatic hydroxyl groups is 1. The third kappa shape index (κ3) is 3.02. The summed E-state index contributed by atoms with van der Waals surface area (Å²) in [5.74, 6) is -1.22. The van der Waals surface area contributed by atoms with Crippen molar-refractivity contribution in [3.8, 4) is 5.75 Å². The highest BCUT2D eigenvalue weighted by molar-refractivity contribution is 7.80. The molecular formula is C17H11ClN2O3S. The zero-order valence-corrected chi connectivity index (χ0v) is 13.8. The topological polar surface area (TPSA) is 69.6 Å². The van der Waals surface area contributed by atoms with Gasteiger partial charge in [-0.15, -0.1) is 0 Å². The third-order valence-corrected chi connectivity index (χ3v) is 3.96. The van der Waals surface area contributed by atoms with Gasteiger partial charge < -0.3 is 5.11 Å². The number of halogens is 1. The van der Waals surface area contributed by atoms with Crippen LogP contribution in [0.2, 0.25) is 5.02 Å². The number of anilines is 1. The molecule has 1 heterocycles. The van der Waals surface area contributed by atoms with Crippen molar-refractivity contribution < 1.29 is 14.7 Å². The molecule has 0 bridgehead atoms. The minimum atomic E-state index is -0.613. The number of phenols is 1. The van der Waals surface area contributed by atoms with Crippen LogP contribution in [0.5, 0.6) is 5.75 Å². The minimum absolute atomic E-state index is 0.0123. The lowest BCUT2D eigenvalue weighted by molar-refractivity contribution is -0.122. The molecule has 2 amide bonds. The normalized spacial score (nSPS) is 16.5. The minimum Gasteiger partial charge on any atom is -0.507 e. The number of nitrogens with one attached hydrogen (secondary N) is 1. The van der Waals surface area contributed by atoms with Gasteiger partial charge in [-0.25, -0.2) is 0 Å². The highest BCUT2D eigenvalue weighted by Crippen LogP contribution is 2.25. The van der Waals surface area contributed by atoms with E-state index in [1.54, 1.807) is 42.5 Å². The fraction of sp³-hybridized carbons (Fsp3) is 0. The summed E-state index contributed by atoms with van der Waals surface area (Å²) in [4.78, 5) is 26.1. The average molecular weight is 359 g/mol. The van der Waals surface area contributed by atoms with Gasteiger partial charge in [0, 0.05) is 10.6 Å². The summed E-state index contributed by atoms with van der Waals surface area (Å²) < 4.78 is 0. The molecule has 0 saturated carbocycles. The van der Waals surface area contributed by atoms with Crippen LogP contribution in [0.1, 0.15) is 5.56 Å². The fourth-order valence-electron chi connectivity index (χ4n) is 2.25. The predicted octanol–water partition coefficient (Wildman–Crippen LogP) is 2.88. The van der Waals surface area contributed by atoms with Crippen LogP contribution in [0.4, 0.5) is 5.69 Å². The number of hydrogen-bond donors (Lipinski definition) is 2. The largest absolute Gasteiger partial charge is 0.507 e. The molecule has 3 rings (SSSR count). The summed E-state index contributed by atoms with van der Waals surface area (Å²) in [6.45, 7) is 0. The number of amides is 2. The first-order valence-corrected chi connectivity index (χ1v) is 7.71. The third-order valence-electron chi connectivity index (χ3n) is 3.42. The molecule has 0 aromatic heterocycles. The molecule has 0 aliphatic carbocycles. The molecule has 5 nitrogen and oxygen atoms in total. The number of rotatable bonds is 2. The van der Waals surface area contributed by atoms with Gasteiger partial charge in [-0.1, -0.05) is 29.8 Å². The Morgan fingerprint density at radius 1 is 1.08 bits per heavy atom. The molecule has 7 heteroatoms. The maximum Gasteiger partial charge on any atom is 0.270 e. The Labute approximate surface area is 148 Å². The fourth-order valence-corrected chi connectivity index (χ4v) is 2.65. The number of thiocarbonyl (C=S) groups is 1. The van der Waals surface area contributed by atoms with Crippen LogP contribution in [-0.2, 0) is 9.59 Å². The standard InChI is InChI=1S/C17H11ClN2O3S/c18-11-5-7-12(8-6-11)20-16(23)13(15(22)19-17(20)24)9-10-3-1-2-4-14(10)21/h1-9,21H,(H,19,22,24). The first kappa shape index (κ1) is 16.2. The molecule has 24 heavy (non-hydrogen) atoms. The van der Waals surface area contributed by atoms with E-state index in [0.717, 1.165) is 0 Å². The lowest BCUT2D eigenvalue weighted by atomic mass is 10.1. The summed E-state index contributed by atoms with van der Waals surface area (Å²) in [5, 5.41) is 12.8. The molecule has 1 aliphatic rings. The number of hydrogen-bond acceptors (Lipinski definition) is 4. The van der Waals surface area contributed by atoms with Gasteiger partial charge in [0.25, 0.3) is 11.8 Å². The summed E-state index contributed by atoms with van der Waals surface area (Å²) in [6, 6.07) is 12.9. The highest BCUT2D eigenvalue weighted by Gasteiger charge is 2.34. The van der Waals surface area contributed by atoms with Crippen LogP contribution in [0, 0.1) is 0 Å². The van der Waals surface area contributed by atoms with Crippen molar-refractivity contribution in [2.75, 3.05) is 4.90 Å². The summed E-state index contributed by atoms with van der Waals surface area (Å²) in [6.07, 6.45) is 1.33. The van der Waals surface area contributed by atoms with Crippen LogP contribution in [0.15, 0.2) is 54.1 Å². The SMILES string of the molecule is O=C1NC(=S)N(c2ccc(Cl)cc2)C(=O)C1=Cc1ccccc1O. The summed E-state index contributed by atoms with van der Waals surface area (Å²) in [7, 11) is 0. The lowest BCUT2D eigenvalue weighted by Crippen LogP contribution is -2.54. The Hall–Kier alpha value is -2.70. The molecule has 1 saturated heterocycles. The first-order valence-electron chi connectivity index (χ1n) is 6.92. The molecule has 2 N–H and O–H groups in total. The molecular weight excluding hydrogens is 348 g/mol. The first-order chi connectivity index (χ1) is 11.5. The molecule has 2 aromatic carbocycles. The van der Waals surface area contributed by atoms with Gasteiger partial charge in [0.1, 0.15) is 11.3 Å². The average Bonchev–Trinajstić information content (AvgIpc) is 2.54. The van der Waals surface area contributed by atoms with Crippen LogP contribution in [0.3, 0.4) is 0 Å². The number of carbonyl (C=O) groups excluding carboxylic acids is 2. The Bertz CT molecular complexity index is 878. The monoisotopic (exact) mass is 358 g/mol. The molecule has 0 spiro atoms. The van der Waals surface area contributed by atoms with Crippen molar-refractivity contribution in [3.63, 3.8) is 0 Å². The van der Waals surface area contributed by atoms with Crippen LogP contribution in [-0.4, -0.2) is 22.0 Å². The molecule has 1 fully saturated rings. The Balaban J connectivity index is 2.03. The molecule has 0 radical (unpaired) electrons. The van der Waals surface area contributed by atoms with E-state index in [9.17, 15) is 14.7 Å². The quantitative estimate of drug-likeness (QED) is 0.492. The molecule has 120 valence electrons. The Morgan fingerprint density at radius 3 is 2.42 bits per heavy atom. The van der Waals surface area contributed by atoms with Crippen molar-refractivity contribution in [2.24, 2.45) is 0 Å². The zero-order valence-electron chi connectivity index (χ0n) is 12.2. The van der Waals surface area contributed by atoms with Crippen LogP contribution < -0.4 is 10.2 Å². The molecule has 2 aromatic rings. The Kier molecular flexibility index (Phi) is 4.33. The molecule has 0 unspecified atom stereocenters. The van der Waals surface area contributed by atoms with E-state index >= 15 is 0 Å². The van der Waals surface area contributed by atoms with E-state index in [1.165, 1.54) is 17.0 Å². The number of benzene rings is 2.